The predicted octanol–water partition coefficient (Wildman–Crippen LogP) is 5.85. The van der Waals surface area contributed by atoms with E-state index in [9.17, 15) is 4.79 Å². The smallest absolute Gasteiger partial charge is 0.349 e. The summed E-state index contributed by atoms with van der Waals surface area (Å²) >= 11 is 0. The first-order valence-electron chi connectivity index (χ1n) is 9.24. The van der Waals surface area contributed by atoms with E-state index in [0.29, 0.717) is 17.4 Å². The lowest BCUT2D eigenvalue weighted by molar-refractivity contribution is -0.136. The van der Waals surface area contributed by atoms with Crippen molar-refractivity contribution in [3.63, 3.8) is 0 Å². The van der Waals surface area contributed by atoms with Crippen LogP contribution in [0.2, 0.25) is 0 Å². The highest BCUT2D eigenvalue weighted by molar-refractivity contribution is 5.74. The zero-order valence-corrected chi connectivity index (χ0v) is 15.7. The third kappa shape index (κ3) is 5.20. The molecule has 3 aromatic rings. The van der Waals surface area contributed by atoms with Gasteiger partial charge in [-0.1, -0.05) is 68.4 Å². The van der Waals surface area contributed by atoms with Gasteiger partial charge in [0.1, 0.15) is 11.5 Å². The predicted molar refractivity (Wildman–Crippen MR) is 108 cm³/mol. The molecule has 1 atom stereocenters. The van der Waals surface area contributed by atoms with E-state index in [4.69, 9.17) is 9.47 Å². The molecule has 0 bridgehead atoms. The molecule has 0 fully saturated rings. The molecule has 0 aromatic heterocycles. The molecule has 3 aromatic carbocycles. The number of carbonyl (C=O) groups excluding carboxylic acids is 1. The van der Waals surface area contributed by atoms with Crippen molar-refractivity contribution in [2.24, 2.45) is 0 Å². The molecular formula is C24H24O3. The van der Waals surface area contributed by atoms with Gasteiger partial charge in [0.15, 0.2) is 6.61 Å². The minimum atomic E-state index is -0.418. The molecule has 0 aliphatic rings. The first-order chi connectivity index (χ1) is 13.2. The fourth-order valence-corrected chi connectivity index (χ4v) is 2.78. The SMILES string of the molecule is CCC(C)c1ccc(OC(=O)COc2ccc(-c3ccccc3)cc2)cc1. The maximum Gasteiger partial charge on any atom is 0.349 e. The number of rotatable bonds is 7. The maximum atomic E-state index is 12.0. The van der Waals surface area contributed by atoms with E-state index in [-0.39, 0.29) is 6.61 Å². The summed E-state index contributed by atoms with van der Waals surface area (Å²) < 4.78 is 10.9. The van der Waals surface area contributed by atoms with Crippen LogP contribution in [0.5, 0.6) is 11.5 Å². The van der Waals surface area contributed by atoms with E-state index in [1.165, 1.54) is 5.56 Å². The standard InChI is InChI=1S/C24H24O3/c1-3-18(2)19-9-15-23(16-10-19)27-24(25)17-26-22-13-11-21(12-14-22)20-7-5-4-6-8-20/h4-16,18H,3,17H2,1-2H3. The lowest BCUT2D eigenvalue weighted by Crippen LogP contribution is -2.17. The van der Waals surface area contributed by atoms with Crippen molar-refractivity contribution in [3.8, 4) is 22.6 Å². The molecule has 1 unspecified atom stereocenters. The van der Waals surface area contributed by atoms with Gasteiger partial charge in [-0.25, -0.2) is 4.79 Å². The van der Waals surface area contributed by atoms with Crippen molar-refractivity contribution < 1.29 is 14.3 Å². The van der Waals surface area contributed by atoms with Gasteiger partial charge >= 0.3 is 5.97 Å². The van der Waals surface area contributed by atoms with E-state index in [0.717, 1.165) is 17.5 Å². The lowest BCUT2D eigenvalue weighted by Gasteiger charge is -2.10. The van der Waals surface area contributed by atoms with Crippen molar-refractivity contribution in [1.29, 1.82) is 0 Å². The van der Waals surface area contributed by atoms with Crippen LogP contribution in [0.3, 0.4) is 0 Å². The van der Waals surface area contributed by atoms with Crippen molar-refractivity contribution in [1.82, 2.24) is 0 Å². The van der Waals surface area contributed by atoms with Gasteiger partial charge in [0.2, 0.25) is 0 Å². The minimum absolute atomic E-state index is 0.127. The number of hydrogen-bond acceptors (Lipinski definition) is 3. The zero-order valence-electron chi connectivity index (χ0n) is 15.7. The van der Waals surface area contributed by atoms with Crippen LogP contribution in [0.1, 0.15) is 31.7 Å². The molecular weight excluding hydrogens is 336 g/mol. The van der Waals surface area contributed by atoms with Gasteiger partial charge in [0, 0.05) is 0 Å². The topological polar surface area (TPSA) is 35.5 Å². The maximum absolute atomic E-state index is 12.0. The van der Waals surface area contributed by atoms with E-state index in [1.807, 2.05) is 66.7 Å². The molecule has 0 spiro atoms. The Morgan fingerprint density at radius 2 is 1.41 bits per heavy atom. The average Bonchev–Trinajstić information content (AvgIpc) is 2.73. The summed E-state index contributed by atoms with van der Waals surface area (Å²) in [7, 11) is 0. The van der Waals surface area contributed by atoms with Gasteiger partial charge in [0.05, 0.1) is 0 Å². The highest BCUT2D eigenvalue weighted by Gasteiger charge is 2.08. The molecule has 0 saturated carbocycles. The molecule has 0 radical (unpaired) electrons. The Morgan fingerprint density at radius 3 is 2.04 bits per heavy atom. The number of carbonyl (C=O) groups is 1. The first kappa shape index (κ1) is 18.7. The summed E-state index contributed by atoms with van der Waals surface area (Å²) in [6, 6.07) is 25.4. The van der Waals surface area contributed by atoms with Crippen LogP contribution in [0.15, 0.2) is 78.9 Å². The second kappa shape index (κ2) is 9.04. The summed E-state index contributed by atoms with van der Waals surface area (Å²) in [5.41, 5.74) is 3.49. The van der Waals surface area contributed by atoms with Gasteiger partial charge in [-0.2, -0.15) is 0 Å². The highest BCUT2D eigenvalue weighted by Crippen LogP contribution is 2.23. The average molecular weight is 360 g/mol. The van der Waals surface area contributed by atoms with Crippen LogP contribution >= 0.6 is 0 Å². The van der Waals surface area contributed by atoms with E-state index in [1.54, 1.807) is 0 Å². The molecule has 0 aliphatic heterocycles. The molecule has 0 heterocycles. The summed E-state index contributed by atoms with van der Waals surface area (Å²) in [5.74, 6) is 1.25. The van der Waals surface area contributed by atoms with Crippen LogP contribution in [-0.2, 0) is 4.79 Å². The molecule has 0 N–H and O–H groups in total. The van der Waals surface area contributed by atoms with Crippen LogP contribution in [-0.4, -0.2) is 12.6 Å². The van der Waals surface area contributed by atoms with Crippen LogP contribution < -0.4 is 9.47 Å². The fourth-order valence-electron chi connectivity index (χ4n) is 2.78. The van der Waals surface area contributed by atoms with Crippen molar-refractivity contribution in [3.05, 3.63) is 84.4 Å². The molecule has 138 valence electrons. The van der Waals surface area contributed by atoms with Crippen LogP contribution in [0, 0.1) is 0 Å². The van der Waals surface area contributed by atoms with Gasteiger partial charge in [-0.3, -0.25) is 0 Å². The summed E-state index contributed by atoms with van der Waals surface area (Å²) in [4.78, 5) is 12.0. The fraction of sp³-hybridized carbons (Fsp3) is 0.208. The van der Waals surface area contributed by atoms with Gasteiger partial charge < -0.3 is 9.47 Å². The van der Waals surface area contributed by atoms with Crippen molar-refractivity contribution in [2.75, 3.05) is 6.61 Å². The Kier molecular flexibility index (Phi) is 6.26. The van der Waals surface area contributed by atoms with E-state index >= 15 is 0 Å². The van der Waals surface area contributed by atoms with Crippen molar-refractivity contribution in [2.45, 2.75) is 26.2 Å². The Balaban J connectivity index is 1.52. The molecule has 3 nitrogen and oxygen atoms in total. The number of benzene rings is 3. The van der Waals surface area contributed by atoms with Crippen LogP contribution in [0.25, 0.3) is 11.1 Å². The quantitative estimate of drug-likeness (QED) is 0.391. The van der Waals surface area contributed by atoms with Crippen molar-refractivity contribution >= 4 is 5.97 Å². The molecule has 27 heavy (non-hydrogen) atoms. The molecule has 3 rings (SSSR count). The molecule has 0 aliphatic carbocycles. The Labute approximate surface area is 160 Å². The number of esters is 1. The third-order valence-corrected chi connectivity index (χ3v) is 4.61. The van der Waals surface area contributed by atoms with Gasteiger partial charge in [-0.05, 0) is 53.3 Å². The second-order valence-corrected chi connectivity index (χ2v) is 6.53. The van der Waals surface area contributed by atoms with Gasteiger partial charge in [0.25, 0.3) is 0 Å². The largest absolute Gasteiger partial charge is 0.482 e. The normalized spacial score (nSPS) is 11.6. The molecule has 0 amide bonds. The van der Waals surface area contributed by atoms with E-state index in [2.05, 4.69) is 26.0 Å². The molecule has 3 heteroatoms. The lowest BCUT2D eigenvalue weighted by atomic mass is 9.99. The zero-order chi connectivity index (χ0) is 19.1. The summed E-state index contributed by atoms with van der Waals surface area (Å²) in [5, 5.41) is 0. The number of ether oxygens (including phenoxy) is 2. The Hall–Kier alpha value is -3.07. The summed E-state index contributed by atoms with van der Waals surface area (Å²) in [6.45, 7) is 4.21. The second-order valence-electron chi connectivity index (χ2n) is 6.53. The third-order valence-electron chi connectivity index (χ3n) is 4.61. The monoisotopic (exact) mass is 360 g/mol. The Bertz CT molecular complexity index is 852. The highest BCUT2D eigenvalue weighted by atomic mass is 16.6. The summed E-state index contributed by atoms with van der Waals surface area (Å²) in [6.07, 6.45) is 1.08. The number of hydrogen-bond donors (Lipinski definition) is 0. The Morgan fingerprint density at radius 1 is 0.815 bits per heavy atom. The minimum Gasteiger partial charge on any atom is -0.482 e. The van der Waals surface area contributed by atoms with E-state index < -0.39 is 5.97 Å². The van der Waals surface area contributed by atoms with Gasteiger partial charge in [-0.15, -0.1) is 0 Å². The molecule has 0 saturated heterocycles. The first-order valence-corrected chi connectivity index (χ1v) is 9.24. The van der Waals surface area contributed by atoms with Crippen LogP contribution in [0.4, 0.5) is 0 Å².